The van der Waals surface area contributed by atoms with Crippen molar-refractivity contribution in [3.8, 4) is 34.3 Å². The summed E-state index contributed by atoms with van der Waals surface area (Å²) in [6.45, 7) is 0.511. The normalized spacial score (nSPS) is 10.9. The Balaban J connectivity index is 1.54. The van der Waals surface area contributed by atoms with E-state index in [2.05, 4.69) is 15.4 Å². The molecule has 5 aromatic rings. The largest absolute Gasteiger partial charge is 0.493 e. The van der Waals surface area contributed by atoms with Crippen LogP contribution in [0.25, 0.3) is 28.5 Å². The van der Waals surface area contributed by atoms with Crippen LogP contribution in [0.1, 0.15) is 5.56 Å². The highest BCUT2D eigenvalue weighted by Crippen LogP contribution is 2.28. The van der Waals surface area contributed by atoms with Gasteiger partial charge in [-0.05, 0) is 29.8 Å². The third-order valence-electron chi connectivity index (χ3n) is 5.03. The smallest absolute Gasteiger partial charge is 0.226 e. The zero-order valence-electron chi connectivity index (χ0n) is 17.6. The number of benzene rings is 2. The third kappa shape index (κ3) is 3.74. The summed E-state index contributed by atoms with van der Waals surface area (Å²) >= 11 is 0. The summed E-state index contributed by atoms with van der Waals surface area (Å²) in [5.74, 6) is 3.02. The van der Waals surface area contributed by atoms with Gasteiger partial charge in [-0.25, -0.2) is 9.97 Å². The van der Waals surface area contributed by atoms with Crippen molar-refractivity contribution in [1.82, 2.24) is 19.6 Å². The maximum absolute atomic E-state index is 5.48. The van der Waals surface area contributed by atoms with E-state index in [4.69, 9.17) is 18.9 Å². The highest BCUT2D eigenvalue weighted by atomic mass is 16.5. The molecule has 8 nitrogen and oxygen atoms in total. The molecule has 0 atom stereocenters. The quantitative estimate of drug-likeness (QED) is 0.403. The Kier molecular flexibility index (Phi) is 5.17. The zero-order valence-corrected chi connectivity index (χ0v) is 17.6. The lowest BCUT2D eigenvalue weighted by molar-refractivity contribution is 0.354. The lowest BCUT2D eigenvalue weighted by atomic mass is 10.1. The minimum Gasteiger partial charge on any atom is -0.493 e. The molecule has 0 aliphatic rings. The van der Waals surface area contributed by atoms with Crippen LogP contribution >= 0.6 is 0 Å². The van der Waals surface area contributed by atoms with E-state index < -0.39 is 0 Å². The summed E-state index contributed by atoms with van der Waals surface area (Å²) < 4.78 is 17.9. The maximum Gasteiger partial charge on any atom is 0.226 e. The molecule has 3 heterocycles. The van der Waals surface area contributed by atoms with Crippen LogP contribution in [-0.4, -0.2) is 33.8 Å². The minimum atomic E-state index is 0.496. The number of hydrogen-bond acceptors (Lipinski definition) is 7. The van der Waals surface area contributed by atoms with Gasteiger partial charge in [-0.15, -0.1) is 5.10 Å². The molecule has 2 aromatic carbocycles. The molecule has 0 spiro atoms. The van der Waals surface area contributed by atoms with E-state index in [1.165, 1.54) is 0 Å². The topological polar surface area (TPSA) is 86.7 Å². The number of methoxy groups -OCH3 is 2. The summed E-state index contributed by atoms with van der Waals surface area (Å²) in [5.41, 5.74) is 3.46. The summed E-state index contributed by atoms with van der Waals surface area (Å²) in [4.78, 5) is 9.47. The summed E-state index contributed by atoms with van der Waals surface area (Å²) in [7, 11) is 3.24. The highest BCUT2D eigenvalue weighted by Gasteiger charge is 2.15. The third-order valence-corrected chi connectivity index (χ3v) is 5.03. The first-order chi connectivity index (χ1) is 15.7. The molecule has 1 N–H and O–H groups in total. The van der Waals surface area contributed by atoms with Crippen molar-refractivity contribution in [1.29, 1.82) is 0 Å². The fourth-order valence-electron chi connectivity index (χ4n) is 3.44. The second-order valence-electron chi connectivity index (χ2n) is 7.06. The molecular weight excluding hydrogens is 406 g/mol. The molecule has 160 valence electrons. The van der Waals surface area contributed by atoms with Crippen molar-refractivity contribution >= 4 is 11.6 Å². The summed E-state index contributed by atoms with van der Waals surface area (Å²) in [5, 5.41) is 7.99. The monoisotopic (exact) mass is 427 g/mol. The Morgan fingerprint density at radius 1 is 0.906 bits per heavy atom. The molecule has 0 aliphatic carbocycles. The molecule has 0 fully saturated rings. The van der Waals surface area contributed by atoms with Crippen LogP contribution in [0.4, 0.5) is 5.95 Å². The standard InChI is InChI=1S/C24H21N5O3/c1-30-19-11-10-16(13-21(19)31-2)15-25-24-26-18(17-7-4-3-5-8-17)14-22-27-23(28-29(22)24)20-9-6-12-32-20/h3-14H,15H2,1-2H3,(H,25,26). The lowest BCUT2D eigenvalue weighted by Gasteiger charge is -2.12. The van der Waals surface area contributed by atoms with Crippen LogP contribution < -0.4 is 14.8 Å². The number of hydrogen-bond donors (Lipinski definition) is 1. The molecule has 32 heavy (non-hydrogen) atoms. The average Bonchev–Trinajstić information content (AvgIpc) is 3.52. The van der Waals surface area contributed by atoms with Gasteiger partial charge in [0.1, 0.15) is 0 Å². The number of furan rings is 1. The number of nitrogens with one attached hydrogen (secondary N) is 1. The van der Waals surface area contributed by atoms with E-state index in [0.717, 1.165) is 16.8 Å². The highest BCUT2D eigenvalue weighted by molar-refractivity contribution is 5.67. The summed E-state index contributed by atoms with van der Waals surface area (Å²) in [6.07, 6.45) is 1.60. The maximum atomic E-state index is 5.48. The number of aromatic nitrogens is 4. The average molecular weight is 427 g/mol. The van der Waals surface area contributed by atoms with Crippen LogP contribution in [0, 0.1) is 0 Å². The fourth-order valence-corrected chi connectivity index (χ4v) is 3.44. The van der Waals surface area contributed by atoms with E-state index in [1.54, 1.807) is 25.0 Å². The summed E-state index contributed by atoms with van der Waals surface area (Å²) in [6, 6.07) is 21.3. The molecule has 0 unspecified atom stereocenters. The Morgan fingerprint density at radius 3 is 2.50 bits per heavy atom. The lowest BCUT2D eigenvalue weighted by Crippen LogP contribution is -2.08. The van der Waals surface area contributed by atoms with Gasteiger partial charge in [0.25, 0.3) is 0 Å². The molecule has 0 bridgehead atoms. The van der Waals surface area contributed by atoms with E-state index in [9.17, 15) is 0 Å². The predicted octanol–water partition coefficient (Wildman–Crippen LogP) is 4.68. The van der Waals surface area contributed by atoms with Crippen molar-refractivity contribution in [2.75, 3.05) is 19.5 Å². The van der Waals surface area contributed by atoms with Crippen molar-refractivity contribution in [2.45, 2.75) is 6.54 Å². The van der Waals surface area contributed by atoms with Gasteiger partial charge in [0.2, 0.25) is 11.8 Å². The van der Waals surface area contributed by atoms with E-state index >= 15 is 0 Å². The van der Waals surface area contributed by atoms with Crippen LogP contribution in [0.15, 0.2) is 77.4 Å². The molecule has 0 saturated carbocycles. The number of anilines is 1. The molecule has 3 aromatic heterocycles. The van der Waals surface area contributed by atoms with Gasteiger partial charge >= 0.3 is 0 Å². The molecule has 0 radical (unpaired) electrons. The predicted molar refractivity (Wildman–Crippen MR) is 121 cm³/mol. The molecule has 0 saturated heterocycles. The van der Waals surface area contributed by atoms with Gasteiger partial charge in [0.15, 0.2) is 22.9 Å². The van der Waals surface area contributed by atoms with Crippen molar-refractivity contribution in [3.63, 3.8) is 0 Å². The second kappa shape index (κ2) is 8.43. The minimum absolute atomic E-state index is 0.496. The number of nitrogens with zero attached hydrogens (tertiary/aromatic N) is 4. The van der Waals surface area contributed by atoms with Crippen LogP contribution in [0.3, 0.4) is 0 Å². The fraction of sp³-hybridized carbons (Fsp3) is 0.125. The van der Waals surface area contributed by atoms with Gasteiger partial charge < -0.3 is 19.2 Å². The molecular formula is C24H21N5O3. The zero-order chi connectivity index (χ0) is 21.9. The van der Waals surface area contributed by atoms with Gasteiger partial charge in [-0.3, -0.25) is 0 Å². The van der Waals surface area contributed by atoms with E-state index in [-0.39, 0.29) is 0 Å². The number of fused-ring (bicyclic) bond motifs is 1. The van der Waals surface area contributed by atoms with Crippen molar-refractivity contribution < 1.29 is 13.9 Å². The van der Waals surface area contributed by atoms with Crippen LogP contribution in [0.2, 0.25) is 0 Å². The van der Waals surface area contributed by atoms with E-state index in [0.29, 0.717) is 41.2 Å². The second-order valence-corrected chi connectivity index (χ2v) is 7.06. The van der Waals surface area contributed by atoms with Gasteiger partial charge in [-0.1, -0.05) is 36.4 Å². The Bertz CT molecular complexity index is 1350. The van der Waals surface area contributed by atoms with Gasteiger partial charge in [0.05, 0.1) is 26.2 Å². The SMILES string of the molecule is COc1ccc(CNc2nc(-c3ccccc3)cc3nc(-c4ccco4)nn23)cc1OC. The van der Waals surface area contributed by atoms with Crippen LogP contribution in [-0.2, 0) is 6.54 Å². The first-order valence-electron chi connectivity index (χ1n) is 10.1. The first-order valence-corrected chi connectivity index (χ1v) is 10.1. The van der Waals surface area contributed by atoms with Gasteiger partial charge in [-0.2, -0.15) is 4.52 Å². The number of rotatable bonds is 7. The Morgan fingerprint density at radius 2 is 1.75 bits per heavy atom. The molecule has 5 rings (SSSR count). The number of ether oxygens (including phenoxy) is 2. The van der Waals surface area contributed by atoms with E-state index in [1.807, 2.05) is 66.7 Å². The van der Waals surface area contributed by atoms with Crippen molar-refractivity contribution in [3.05, 3.63) is 78.6 Å². The molecule has 0 amide bonds. The Hall–Kier alpha value is -4.33. The van der Waals surface area contributed by atoms with Gasteiger partial charge in [0, 0.05) is 18.2 Å². The first kappa shape index (κ1) is 19.6. The Labute approximate surface area is 184 Å². The van der Waals surface area contributed by atoms with Crippen LogP contribution in [0.5, 0.6) is 11.5 Å². The molecule has 0 aliphatic heterocycles. The van der Waals surface area contributed by atoms with Crippen molar-refractivity contribution in [2.24, 2.45) is 0 Å². The molecule has 8 heteroatoms.